The lowest BCUT2D eigenvalue weighted by Crippen LogP contribution is -2.24. The van der Waals surface area contributed by atoms with Gasteiger partial charge in [0.25, 0.3) is 0 Å². The van der Waals surface area contributed by atoms with Crippen LogP contribution >= 0.6 is 0 Å². The molecule has 118 valence electrons. The molecule has 0 aromatic heterocycles. The van der Waals surface area contributed by atoms with Crippen LogP contribution in [0.3, 0.4) is 0 Å². The van der Waals surface area contributed by atoms with E-state index in [1.165, 1.54) is 5.57 Å². The van der Waals surface area contributed by atoms with E-state index < -0.39 is 5.60 Å². The third-order valence-electron chi connectivity index (χ3n) is 5.31. The van der Waals surface area contributed by atoms with Gasteiger partial charge in [0.05, 0.1) is 6.10 Å². The van der Waals surface area contributed by atoms with Crippen molar-refractivity contribution < 1.29 is 10.2 Å². The van der Waals surface area contributed by atoms with Gasteiger partial charge < -0.3 is 10.2 Å². The van der Waals surface area contributed by atoms with Crippen LogP contribution < -0.4 is 0 Å². The number of aliphatic hydroxyl groups is 2. The standard InChI is InChI=1S/C19H30O2/c1-4-6-7-9-19(21,5-2)10-8-16-17-12-14(3)11-15(17)13-18(16)20/h5,8,10,15-18,20-21H,2-4,6-7,9,11-13H2,1H3/b10-8+/t15-,16+,17+,18+,19+/m0/s1. The van der Waals surface area contributed by atoms with E-state index in [1.54, 1.807) is 6.08 Å². The fraction of sp³-hybridized carbons (Fsp3) is 0.684. The minimum absolute atomic E-state index is 0.159. The number of unbranched alkanes of at least 4 members (excludes halogenated alkanes) is 2. The number of aliphatic hydroxyl groups excluding tert-OH is 1. The van der Waals surface area contributed by atoms with Crippen molar-refractivity contribution in [2.24, 2.45) is 17.8 Å². The van der Waals surface area contributed by atoms with Gasteiger partial charge in [0, 0.05) is 5.92 Å². The van der Waals surface area contributed by atoms with Crippen molar-refractivity contribution in [3.8, 4) is 0 Å². The van der Waals surface area contributed by atoms with Gasteiger partial charge in [-0.15, -0.1) is 0 Å². The summed E-state index contributed by atoms with van der Waals surface area (Å²) in [6.07, 6.45) is 12.2. The van der Waals surface area contributed by atoms with E-state index in [0.29, 0.717) is 18.3 Å². The summed E-state index contributed by atoms with van der Waals surface area (Å²) in [5, 5.41) is 20.9. The summed E-state index contributed by atoms with van der Waals surface area (Å²) in [6, 6.07) is 0. The molecule has 0 saturated heterocycles. The minimum atomic E-state index is -0.928. The third kappa shape index (κ3) is 3.87. The van der Waals surface area contributed by atoms with E-state index in [-0.39, 0.29) is 12.0 Å². The second-order valence-corrected chi connectivity index (χ2v) is 6.97. The number of rotatable bonds is 7. The van der Waals surface area contributed by atoms with Gasteiger partial charge >= 0.3 is 0 Å². The molecule has 2 heteroatoms. The molecule has 0 aliphatic heterocycles. The molecule has 21 heavy (non-hydrogen) atoms. The Morgan fingerprint density at radius 3 is 2.76 bits per heavy atom. The highest BCUT2D eigenvalue weighted by Crippen LogP contribution is 2.50. The molecule has 2 rings (SSSR count). The minimum Gasteiger partial charge on any atom is -0.392 e. The Bertz CT molecular complexity index is 412. The highest BCUT2D eigenvalue weighted by molar-refractivity contribution is 5.18. The molecule has 2 fully saturated rings. The fourth-order valence-corrected chi connectivity index (χ4v) is 4.03. The Morgan fingerprint density at radius 1 is 1.33 bits per heavy atom. The van der Waals surface area contributed by atoms with Gasteiger partial charge in [0.1, 0.15) is 5.60 Å². The van der Waals surface area contributed by atoms with Crippen LogP contribution in [0.2, 0.25) is 0 Å². The molecule has 0 aromatic rings. The zero-order chi connectivity index (χ0) is 15.5. The Labute approximate surface area is 129 Å². The van der Waals surface area contributed by atoms with E-state index in [9.17, 15) is 10.2 Å². The molecule has 0 aromatic carbocycles. The zero-order valence-corrected chi connectivity index (χ0v) is 13.3. The van der Waals surface area contributed by atoms with Gasteiger partial charge in [-0.25, -0.2) is 0 Å². The summed E-state index contributed by atoms with van der Waals surface area (Å²) in [5.41, 5.74) is 0.389. The Morgan fingerprint density at radius 2 is 2.10 bits per heavy atom. The quantitative estimate of drug-likeness (QED) is 0.549. The number of hydrogen-bond acceptors (Lipinski definition) is 2. The van der Waals surface area contributed by atoms with Crippen molar-refractivity contribution in [1.82, 2.24) is 0 Å². The summed E-state index contributed by atoms with van der Waals surface area (Å²) in [7, 11) is 0. The molecule has 2 aliphatic rings. The molecule has 0 unspecified atom stereocenters. The highest BCUT2D eigenvalue weighted by Gasteiger charge is 2.44. The molecule has 0 spiro atoms. The van der Waals surface area contributed by atoms with Crippen LogP contribution in [0.1, 0.15) is 51.9 Å². The highest BCUT2D eigenvalue weighted by atomic mass is 16.3. The first-order chi connectivity index (χ1) is 9.99. The van der Waals surface area contributed by atoms with Gasteiger partial charge in [-0.3, -0.25) is 0 Å². The first kappa shape index (κ1) is 16.5. The third-order valence-corrected chi connectivity index (χ3v) is 5.31. The largest absolute Gasteiger partial charge is 0.392 e. The van der Waals surface area contributed by atoms with Crippen LogP contribution in [0.4, 0.5) is 0 Å². The predicted molar refractivity (Wildman–Crippen MR) is 87.9 cm³/mol. The van der Waals surface area contributed by atoms with Gasteiger partial charge in [0.2, 0.25) is 0 Å². The van der Waals surface area contributed by atoms with Crippen molar-refractivity contribution in [3.05, 3.63) is 37.0 Å². The van der Waals surface area contributed by atoms with Crippen molar-refractivity contribution in [3.63, 3.8) is 0 Å². The summed E-state index contributed by atoms with van der Waals surface area (Å²) in [6.45, 7) is 10.0. The predicted octanol–water partition coefficient (Wildman–Crippen LogP) is 4.00. The van der Waals surface area contributed by atoms with Crippen molar-refractivity contribution in [2.45, 2.75) is 63.6 Å². The molecule has 2 nitrogen and oxygen atoms in total. The van der Waals surface area contributed by atoms with Crippen molar-refractivity contribution in [1.29, 1.82) is 0 Å². The summed E-state index contributed by atoms with van der Waals surface area (Å²) in [4.78, 5) is 0. The molecule has 0 radical (unpaired) electrons. The molecular formula is C19H30O2. The van der Waals surface area contributed by atoms with Crippen LogP contribution in [-0.4, -0.2) is 21.9 Å². The van der Waals surface area contributed by atoms with E-state index in [2.05, 4.69) is 20.1 Å². The first-order valence-electron chi connectivity index (χ1n) is 8.39. The lowest BCUT2D eigenvalue weighted by atomic mass is 9.88. The van der Waals surface area contributed by atoms with Crippen molar-refractivity contribution in [2.75, 3.05) is 0 Å². The number of hydrogen-bond donors (Lipinski definition) is 2. The van der Waals surface area contributed by atoms with Crippen LogP contribution in [0.25, 0.3) is 0 Å². The average Bonchev–Trinajstić information content (AvgIpc) is 2.92. The van der Waals surface area contributed by atoms with Gasteiger partial charge in [-0.2, -0.15) is 0 Å². The summed E-state index contributed by atoms with van der Waals surface area (Å²) < 4.78 is 0. The Hall–Kier alpha value is -0.860. The van der Waals surface area contributed by atoms with Gasteiger partial charge in [-0.05, 0) is 43.9 Å². The summed E-state index contributed by atoms with van der Waals surface area (Å²) in [5.74, 6) is 1.25. The van der Waals surface area contributed by atoms with Crippen molar-refractivity contribution >= 4 is 0 Å². The molecule has 2 aliphatic carbocycles. The van der Waals surface area contributed by atoms with E-state index >= 15 is 0 Å². The van der Waals surface area contributed by atoms with E-state index in [4.69, 9.17) is 0 Å². The smallest absolute Gasteiger partial charge is 0.101 e. The monoisotopic (exact) mass is 290 g/mol. The lowest BCUT2D eigenvalue weighted by Gasteiger charge is -2.23. The molecule has 2 saturated carbocycles. The molecule has 0 bridgehead atoms. The maximum atomic E-state index is 10.6. The maximum Gasteiger partial charge on any atom is 0.101 e. The lowest BCUT2D eigenvalue weighted by molar-refractivity contribution is 0.122. The van der Waals surface area contributed by atoms with E-state index in [1.807, 2.05) is 12.2 Å². The molecule has 0 amide bonds. The summed E-state index contributed by atoms with van der Waals surface area (Å²) >= 11 is 0. The maximum absolute atomic E-state index is 10.6. The Balaban J connectivity index is 2.00. The first-order valence-corrected chi connectivity index (χ1v) is 8.39. The van der Waals surface area contributed by atoms with Crippen LogP contribution in [0, 0.1) is 17.8 Å². The Kier molecular flexibility index (Phi) is 5.45. The molecule has 2 N–H and O–H groups in total. The normalized spacial score (nSPS) is 35.1. The van der Waals surface area contributed by atoms with E-state index in [0.717, 1.165) is 38.5 Å². The van der Waals surface area contributed by atoms with Gasteiger partial charge in [-0.1, -0.05) is 56.7 Å². The topological polar surface area (TPSA) is 40.5 Å². The van der Waals surface area contributed by atoms with Crippen LogP contribution in [-0.2, 0) is 0 Å². The number of fused-ring (bicyclic) bond motifs is 1. The zero-order valence-electron chi connectivity index (χ0n) is 13.3. The van der Waals surface area contributed by atoms with Crippen LogP contribution in [0.15, 0.2) is 37.0 Å². The number of allylic oxidation sites excluding steroid dienone is 1. The second kappa shape index (κ2) is 6.93. The van der Waals surface area contributed by atoms with Crippen LogP contribution in [0.5, 0.6) is 0 Å². The van der Waals surface area contributed by atoms with Gasteiger partial charge in [0.15, 0.2) is 0 Å². The molecule has 0 heterocycles. The SMILES string of the molecule is C=C[C@](O)(/C=C/[C@@H]1[C@@H]2CC(=C)C[C@H]2C[C@H]1O)CCCCC. The molecule has 5 atom stereocenters. The molecular weight excluding hydrogens is 260 g/mol. The fourth-order valence-electron chi connectivity index (χ4n) is 4.03. The second-order valence-electron chi connectivity index (χ2n) is 6.97. The average molecular weight is 290 g/mol.